The summed E-state index contributed by atoms with van der Waals surface area (Å²) >= 11 is 0. The second-order valence-corrected chi connectivity index (χ2v) is 6.78. The summed E-state index contributed by atoms with van der Waals surface area (Å²) in [5, 5.41) is 6.65. The maximum absolute atomic E-state index is 12.5. The van der Waals surface area contributed by atoms with Crippen molar-refractivity contribution in [1.82, 2.24) is 14.9 Å². The van der Waals surface area contributed by atoms with Gasteiger partial charge < -0.3 is 4.42 Å². The van der Waals surface area contributed by atoms with Gasteiger partial charge in [0.2, 0.25) is 10.0 Å². The van der Waals surface area contributed by atoms with Crippen LogP contribution in [0.3, 0.4) is 0 Å². The lowest BCUT2D eigenvalue weighted by Crippen LogP contribution is -2.31. The molecule has 2 heterocycles. The van der Waals surface area contributed by atoms with Crippen LogP contribution in [-0.4, -0.2) is 18.6 Å². The average Bonchev–Trinajstić information content (AvgIpc) is 2.96. The number of aromatic nitrogens is 2. The largest absolute Gasteiger partial charge is 0.469 e. The fraction of sp³-hybridized carbons (Fsp3) is 0.462. The summed E-state index contributed by atoms with van der Waals surface area (Å²) in [6, 6.07) is 1.62. The van der Waals surface area contributed by atoms with E-state index in [1.54, 1.807) is 20.1 Å². The van der Waals surface area contributed by atoms with Crippen LogP contribution in [0.4, 0.5) is 0 Å². The van der Waals surface area contributed by atoms with Crippen LogP contribution in [0.5, 0.6) is 0 Å². The second kappa shape index (κ2) is 4.75. The minimum Gasteiger partial charge on any atom is -0.469 e. The van der Waals surface area contributed by atoms with Crippen molar-refractivity contribution in [3.63, 3.8) is 0 Å². The molecule has 0 saturated carbocycles. The van der Waals surface area contributed by atoms with Gasteiger partial charge in [-0.1, -0.05) is 0 Å². The number of H-pyrrole nitrogens is 1. The van der Waals surface area contributed by atoms with Gasteiger partial charge in [0.15, 0.2) is 0 Å². The van der Waals surface area contributed by atoms with Crippen molar-refractivity contribution in [2.45, 2.75) is 44.0 Å². The van der Waals surface area contributed by atoms with Gasteiger partial charge in [-0.3, -0.25) is 5.10 Å². The highest BCUT2D eigenvalue weighted by Gasteiger charge is 2.30. The van der Waals surface area contributed by atoms with E-state index in [1.807, 2.05) is 6.07 Å². The maximum Gasteiger partial charge on any atom is 0.244 e. The Hall–Kier alpha value is -1.60. The van der Waals surface area contributed by atoms with Crippen LogP contribution in [0.15, 0.2) is 21.6 Å². The molecule has 1 aliphatic carbocycles. The van der Waals surface area contributed by atoms with Gasteiger partial charge in [-0.05, 0) is 32.8 Å². The minimum absolute atomic E-state index is 0.226. The fourth-order valence-electron chi connectivity index (χ4n) is 2.79. The van der Waals surface area contributed by atoms with E-state index < -0.39 is 10.0 Å². The van der Waals surface area contributed by atoms with Crippen molar-refractivity contribution in [3.8, 4) is 0 Å². The van der Waals surface area contributed by atoms with E-state index in [-0.39, 0.29) is 10.9 Å². The van der Waals surface area contributed by atoms with Crippen molar-refractivity contribution in [2.24, 2.45) is 0 Å². The highest BCUT2D eigenvalue weighted by Crippen LogP contribution is 2.32. The Balaban J connectivity index is 1.93. The smallest absolute Gasteiger partial charge is 0.244 e. The van der Waals surface area contributed by atoms with E-state index in [2.05, 4.69) is 14.9 Å². The zero-order valence-electron chi connectivity index (χ0n) is 11.4. The number of furan rings is 1. The Morgan fingerprint density at radius 3 is 2.95 bits per heavy atom. The lowest BCUT2D eigenvalue weighted by Gasteiger charge is -2.22. The molecule has 3 rings (SSSR count). The van der Waals surface area contributed by atoms with Crippen LogP contribution in [0.25, 0.3) is 0 Å². The number of aromatic amines is 1. The second-order valence-electron chi connectivity index (χ2n) is 5.13. The van der Waals surface area contributed by atoms with E-state index in [9.17, 15) is 8.42 Å². The van der Waals surface area contributed by atoms with Gasteiger partial charge in [0, 0.05) is 12.0 Å². The molecule has 2 aromatic heterocycles. The first kappa shape index (κ1) is 13.4. The first-order valence-electron chi connectivity index (χ1n) is 6.59. The van der Waals surface area contributed by atoms with Gasteiger partial charge in [-0.2, -0.15) is 5.10 Å². The van der Waals surface area contributed by atoms with Crippen molar-refractivity contribution >= 4 is 10.0 Å². The molecule has 0 amide bonds. The van der Waals surface area contributed by atoms with Crippen molar-refractivity contribution in [3.05, 3.63) is 35.0 Å². The summed E-state index contributed by atoms with van der Waals surface area (Å²) in [5.74, 6) is 0.879. The third-order valence-corrected chi connectivity index (χ3v) is 5.41. The number of fused-ring (bicyclic) bond motifs is 1. The Morgan fingerprint density at radius 1 is 1.45 bits per heavy atom. The van der Waals surface area contributed by atoms with Crippen molar-refractivity contribution in [2.75, 3.05) is 0 Å². The molecular weight excluding hydrogens is 278 g/mol. The molecule has 108 valence electrons. The van der Waals surface area contributed by atoms with Crippen LogP contribution >= 0.6 is 0 Å². The van der Waals surface area contributed by atoms with E-state index in [0.717, 1.165) is 30.6 Å². The van der Waals surface area contributed by atoms with Gasteiger partial charge in [-0.25, -0.2) is 13.1 Å². The molecule has 1 atom stereocenters. The van der Waals surface area contributed by atoms with Gasteiger partial charge in [0.25, 0.3) is 0 Å². The molecule has 6 nitrogen and oxygen atoms in total. The van der Waals surface area contributed by atoms with Crippen LogP contribution in [0.1, 0.15) is 41.6 Å². The molecule has 1 aliphatic rings. The average molecular weight is 295 g/mol. The van der Waals surface area contributed by atoms with Gasteiger partial charge in [-0.15, -0.1) is 0 Å². The maximum atomic E-state index is 12.5. The molecule has 0 aromatic carbocycles. The van der Waals surface area contributed by atoms with Crippen LogP contribution in [0.2, 0.25) is 0 Å². The first-order chi connectivity index (χ1) is 9.49. The zero-order chi connectivity index (χ0) is 14.3. The molecule has 20 heavy (non-hydrogen) atoms. The minimum atomic E-state index is -3.58. The van der Waals surface area contributed by atoms with Crippen molar-refractivity contribution < 1.29 is 12.8 Å². The van der Waals surface area contributed by atoms with Crippen LogP contribution in [-0.2, 0) is 16.4 Å². The normalized spacial score (nSPS) is 19.0. The SMILES string of the molecule is Cc1n[nH]c(C)c1S(=O)(=O)NC1CCCc2occc21. The molecular formula is C13H17N3O3S. The third-order valence-electron chi connectivity index (χ3n) is 3.68. The molecule has 0 aliphatic heterocycles. The fourth-order valence-corrected chi connectivity index (χ4v) is 4.41. The summed E-state index contributed by atoms with van der Waals surface area (Å²) in [5.41, 5.74) is 1.98. The Labute approximate surface area is 117 Å². The number of hydrogen-bond donors (Lipinski definition) is 2. The molecule has 0 saturated heterocycles. The van der Waals surface area contributed by atoms with E-state index in [1.165, 1.54) is 0 Å². The van der Waals surface area contributed by atoms with E-state index >= 15 is 0 Å². The predicted octanol–water partition coefficient (Wildman–Crippen LogP) is 1.98. The van der Waals surface area contributed by atoms with E-state index in [0.29, 0.717) is 11.4 Å². The first-order valence-corrected chi connectivity index (χ1v) is 8.07. The molecule has 1 unspecified atom stereocenters. The molecule has 2 N–H and O–H groups in total. The van der Waals surface area contributed by atoms with Crippen LogP contribution in [0, 0.1) is 13.8 Å². The topological polar surface area (TPSA) is 88.0 Å². The van der Waals surface area contributed by atoms with Crippen LogP contribution < -0.4 is 4.72 Å². The molecule has 0 bridgehead atoms. The van der Waals surface area contributed by atoms with Gasteiger partial charge in [0.05, 0.1) is 23.7 Å². The number of hydrogen-bond acceptors (Lipinski definition) is 4. The highest BCUT2D eigenvalue weighted by atomic mass is 32.2. The van der Waals surface area contributed by atoms with Gasteiger partial charge >= 0.3 is 0 Å². The summed E-state index contributed by atoms with van der Waals surface area (Å²) in [4.78, 5) is 0.244. The summed E-state index contributed by atoms with van der Waals surface area (Å²) in [7, 11) is -3.58. The molecule has 0 spiro atoms. The van der Waals surface area contributed by atoms with E-state index in [4.69, 9.17) is 4.42 Å². The number of sulfonamides is 1. The summed E-state index contributed by atoms with van der Waals surface area (Å²) in [6.07, 6.45) is 4.18. The zero-order valence-corrected chi connectivity index (χ0v) is 12.3. The lowest BCUT2D eigenvalue weighted by atomic mass is 9.94. The lowest BCUT2D eigenvalue weighted by molar-refractivity contribution is 0.438. The molecule has 2 aromatic rings. The Bertz CT molecular complexity index is 710. The highest BCUT2D eigenvalue weighted by molar-refractivity contribution is 7.89. The van der Waals surface area contributed by atoms with Gasteiger partial charge in [0.1, 0.15) is 10.7 Å². The van der Waals surface area contributed by atoms with Crippen molar-refractivity contribution in [1.29, 1.82) is 0 Å². The number of nitrogens with one attached hydrogen (secondary N) is 2. The Kier molecular flexibility index (Phi) is 3.18. The number of nitrogens with zero attached hydrogens (tertiary/aromatic N) is 1. The standard InChI is InChI=1S/C13H17N3O3S/c1-8-13(9(2)15-14-8)20(17,18)16-11-4-3-5-12-10(11)6-7-19-12/h6-7,11,16H,3-5H2,1-2H3,(H,14,15). The molecule has 0 radical (unpaired) electrons. The molecule has 0 fully saturated rings. The summed E-state index contributed by atoms with van der Waals surface area (Å²) in [6.45, 7) is 3.39. The third kappa shape index (κ3) is 2.16. The monoisotopic (exact) mass is 295 g/mol. The number of aryl methyl sites for hydroxylation is 3. The predicted molar refractivity (Wildman–Crippen MR) is 72.8 cm³/mol. The summed E-state index contributed by atoms with van der Waals surface area (Å²) < 4.78 is 33.2. The number of rotatable bonds is 3. The quantitative estimate of drug-likeness (QED) is 0.906. The molecule has 7 heteroatoms. The Morgan fingerprint density at radius 2 is 2.25 bits per heavy atom.